The molecule has 0 aromatic heterocycles. The van der Waals surface area contributed by atoms with Crippen LogP contribution in [-0.2, 0) is 4.79 Å². The van der Waals surface area contributed by atoms with E-state index in [0.717, 1.165) is 44.8 Å². The van der Waals surface area contributed by atoms with Crippen molar-refractivity contribution in [2.45, 2.75) is 38.5 Å². The molecule has 0 aromatic rings. The molecule has 1 aliphatic rings. The van der Waals surface area contributed by atoms with Crippen LogP contribution in [0.3, 0.4) is 0 Å². The summed E-state index contributed by atoms with van der Waals surface area (Å²) in [5, 5.41) is 6.24. The van der Waals surface area contributed by atoms with Gasteiger partial charge in [-0.25, -0.2) is 0 Å². The summed E-state index contributed by atoms with van der Waals surface area (Å²) < 4.78 is 0. The van der Waals surface area contributed by atoms with Gasteiger partial charge in [0.2, 0.25) is 5.91 Å². The van der Waals surface area contributed by atoms with Crippen molar-refractivity contribution < 1.29 is 4.79 Å². The first-order chi connectivity index (χ1) is 7.83. The van der Waals surface area contributed by atoms with Crippen LogP contribution in [0.15, 0.2) is 0 Å². The van der Waals surface area contributed by atoms with Gasteiger partial charge in [-0.3, -0.25) is 4.79 Å². The molecule has 0 unspecified atom stereocenters. The van der Waals surface area contributed by atoms with Crippen LogP contribution in [-0.4, -0.2) is 25.5 Å². The summed E-state index contributed by atoms with van der Waals surface area (Å²) in [5.74, 6) is 3.48. The van der Waals surface area contributed by atoms with Crippen LogP contribution in [0.4, 0.5) is 0 Å². The van der Waals surface area contributed by atoms with Crippen LogP contribution < -0.4 is 10.6 Å². The third-order valence-electron chi connectivity index (χ3n) is 3.06. The molecule has 1 rings (SSSR count). The molecule has 16 heavy (non-hydrogen) atoms. The topological polar surface area (TPSA) is 41.1 Å². The van der Waals surface area contributed by atoms with Gasteiger partial charge in [0.1, 0.15) is 0 Å². The molecule has 0 aliphatic carbocycles. The van der Waals surface area contributed by atoms with Gasteiger partial charge in [-0.05, 0) is 44.7 Å². The lowest BCUT2D eigenvalue weighted by atomic mass is 9.93. The lowest BCUT2D eigenvalue weighted by Gasteiger charge is -2.22. The molecule has 0 saturated carbocycles. The Kier molecular flexibility index (Phi) is 6.67. The van der Waals surface area contributed by atoms with E-state index < -0.39 is 0 Å². The number of unbranched alkanes of at least 4 members (excludes halogenated alkanes) is 1. The monoisotopic (exact) mass is 222 g/mol. The number of hydrogen-bond acceptors (Lipinski definition) is 2. The highest BCUT2D eigenvalue weighted by molar-refractivity contribution is 5.75. The van der Waals surface area contributed by atoms with Crippen LogP contribution in [0.1, 0.15) is 38.5 Å². The van der Waals surface area contributed by atoms with Gasteiger partial charge >= 0.3 is 0 Å². The van der Waals surface area contributed by atoms with Crippen LogP contribution >= 0.6 is 0 Å². The van der Waals surface area contributed by atoms with Crippen LogP contribution in [0.25, 0.3) is 0 Å². The third-order valence-corrected chi connectivity index (χ3v) is 3.06. The third kappa shape index (κ3) is 5.77. The lowest BCUT2D eigenvalue weighted by molar-refractivity contribution is -0.121. The second-order valence-corrected chi connectivity index (χ2v) is 4.39. The van der Waals surface area contributed by atoms with Gasteiger partial charge in [0.25, 0.3) is 0 Å². The summed E-state index contributed by atoms with van der Waals surface area (Å²) in [7, 11) is 0. The lowest BCUT2D eigenvalue weighted by Crippen LogP contribution is -2.29. The molecule has 0 aromatic carbocycles. The zero-order valence-electron chi connectivity index (χ0n) is 9.93. The molecular formula is C13H22N2O. The van der Waals surface area contributed by atoms with E-state index in [0.29, 0.717) is 6.42 Å². The Balaban J connectivity index is 1.99. The minimum Gasteiger partial charge on any atom is -0.356 e. The fourth-order valence-electron chi connectivity index (χ4n) is 2.01. The second kappa shape index (κ2) is 8.18. The summed E-state index contributed by atoms with van der Waals surface area (Å²) in [6.07, 6.45) is 10.9. The predicted octanol–water partition coefficient (Wildman–Crippen LogP) is 1.30. The average molecular weight is 222 g/mol. The molecule has 0 atom stereocenters. The maximum absolute atomic E-state index is 11.5. The van der Waals surface area contributed by atoms with E-state index in [1.54, 1.807) is 0 Å². The van der Waals surface area contributed by atoms with E-state index in [1.165, 1.54) is 12.8 Å². The van der Waals surface area contributed by atoms with Crippen LogP contribution in [0, 0.1) is 18.3 Å². The Bertz CT molecular complexity index is 239. The minimum atomic E-state index is 0.176. The maximum Gasteiger partial charge on any atom is 0.220 e. The van der Waals surface area contributed by atoms with Crippen molar-refractivity contribution in [1.82, 2.24) is 10.6 Å². The van der Waals surface area contributed by atoms with E-state index in [1.807, 2.05) is 0 Å². The standard InChI is InChI=1S/C13H22N2O/c1-2-3-4-9-15-13(16)6-5-12-7-10-14-11-8-12/h1,12,14H,3-11H2,(H,15,16). The van der Waals surface area contributed by atoms with Crippen molar-refractivity contribution >= 4 is 5.91 Å². The molecule has 3 nitrogen and oxygen atoms in total. The van der Waals surface area contributed by atoms with Gasteiger partial charge in [0.15, 0.2) is 0 Å². The van der Waals surface area contributed by atoms with E-state index in [2.05, 4.69) is 16.6 Å². The Labute approximate surface area is 98.4 Å². The van der Waals surface area contributed by atoms with Crippen molar-refractivity contribution in [2.75, 3.05) is 19.6 Å². The largest absolute Gasteiger partial charge is 0.356 e. The van der Waals surface area contributed by atoms with Gasteiger partial charge in [-0.15, -0.1) is 12.3 Å². The quantitative estimate of drug-likeness (QED) is 0.525. The highest BCUT2D eigenvalue weighted by Gasteiger charge is 2.13. The highest BCUT2D eigenvalue weighted by atomic mass is 16.1. The van der Waals surface area contributed by atoms with Gasteiger partial charge in [0.05, 0.1) is 0 Å². The fourth-order valence-corrected chi connectivity index (χ4v) is 2.01. The molecule has 1 saturated heterocycles. The second-order valence-electron chi connectivity index (χ2n) is 4.39. The molecular weight excluding hydrogens is 200 g/mol. The minimum absolute atomic E-state index is 0.176. The van der Waals surface area contributed by atoms with Crippen molar-refractivity contribution in [1.29, 1.82) is 0 Å². The van der Waals surface area contributed by atoms with Crippen LogP contribution in [0.2, 0.25) is 0 Å². The number of rotatable bonds is 6. The van der Waals surface area contributed by atoms with E-state index in [4.69, 9.17) is 6.42 Å². The van der Waals surface area contributed by atoms with Crippen molar-refractivity contribution in [3.05, 3.63) is 0 Å². The van der Waals surface area contributed by atoms with Gasteiger partial charge < -0.3 is 10.6 Å². The molecule has 1 heterocycles. The number of terminal acetylenes is 1. The molecule has 0 bridgehead atoms. The number of carbonyl (C=O) groups is 1. The molecule has 0 spiro atoms. The van der Waals surface area contributed by atoms with E-state index in [-0.39, 0.29) is 5.91 Å². The summed E-state index contributed by atoms with van der Waals surface area (Å²) in [5.41, 5.74) is 0. The van der Waals surface area contributed by atoms with E-state index in [9.17, 15) is 4.79 Å². The Morgan fingerprint density at radius 3 is 2.88 bits per heavy atom. The first-order valence-corrected chi connectivity index (χ1v) is 6.24. The van der Waals surface area contributed by atoms with Gasteiger partial charge in [-0.1, -0.05) is 0 Å². The molecule has 3 heteroatoms. The number of piperidine rings is 1. The Morgan fingerprint density at radius 1 is 1.44 bits per heavy atom. The number of nitrogens with one attached hydrogen (secondary N) is 2. The van der Waals surface area contributed by atoms with Crippen LogP contribution in [0.5, 0.6) is 0 Å². The normalized spacial score (nSPS) is 16.7. The number of amides is 1. The van der Waals surface area contributed by atoms with Crippen molar-refractivity contribution in [3.8, 4) is 12.3 Å². The van der Waals surface area contributed by atoms with Gasteiger partial charge in [-0.2, -0.15) is 0 Å². The highest BCUT2D eigenvalue weighted by Crippen LogP contribution is 2.17. The van der Waals surface area contributed by atoms with Crippen molar-refractivity contribution in [2.24, 2.45) is 5.92 Å². The molecule has 90 valence electrons. The zero-order valence-corrected chi connectivity index (χ0v) is 9.93. The Morgan fingerprint density at radius 2 is 2.19 bits per heavy atom. The zero-order chi connectivity index (χ0) is 11.6. The molecule has 2 N–H and O–H groups in total. The summed E-state index contributed by atoms with van der Waals surface area (Å²) >= 11 is 0. The van der Waals surface area contributed by atoms with Crippen molar-refractivity contribution in [3.63, 3.8) is 0 Å². The SMILES string of the molecule is C#CCCCNC(=O)CCC1CCNCC1. The predicted molar refractivity (Wildman–Crippen MR) is 65.9 cm³/mol. The fraction of sp³-hybridized carbons (Fsp3) is 0.769. The smallest absolute Gasteiger partial charge is 0.220 e. The average Bonchev–Trinajstić information content (AvgIpc) is 2.33. The summed E-state index contributed by atoms with van der Waals surface area (Å²) in [6.45, 7) is 2.93. The molecule has 1 fully saturated rings. The summed E-state index contributed by atoms with van der Waals surface area (Å²) in [6, 6.07) is 0. The Hall–Kier alpha value is -1.01. The molecule has 1 amide bonds. The first kappa shape index (κ1) is 13.1. The first-order valence-electron chi connectivity index (χ1n) is 6.24. The molecule has 0 radical (unpaired) electrons. The van der Waals surface area contributed by atoms with Gasteiger partial charge in [0, 0.05) is 19.4 Å². The number of hydrogen-bond donors (Lipinski definition) is 2. The molecule has 1 aliphatic heterocycles. The maximum atomic E-state index is 11.5. The van der Waals surface area contributed by atoms with E-state index >= 15 is 0 Å². The number of carbonyl (C=O) groups excluding carboxylic acids is 1. The summed E-state index contributed by atoms with van der Waals surface area (Å²) in [4.78, 5) is 11.5.